The molecule has 0 saturated carbocycles. The lowest BCUT2D eigenvalue weighted by Gasteiger charge is -2.13. The molecule has 2 amide bonds. The number of rotatable bonds is 7. The van der Waals surface area contributed by atoms with Gasteiger partial charge in [0.1, 0.15) is 5.75 Å². The molecule has 11 nitrogen and oxygen atoms in total. The fourth-order valence-corrected chi connectivity index (χ4v) is 4.01. The number of nitro benzene ring substituents is 2. The quantitative estimate of drug-likeness (QED) is 0.247. The summed E-state index contributed by atoms with van der Waals surface area (Å²) in [5.41, 5.74) is -2.18. The largest absolute Gasteiger partial charge is 0.496 e. The molecular weight excluding hydrogens is 618 g/mol. The van der Waals surface area contributed by atoms with Gasteiger partial charge in [-0.1, -0.05) is 0 Å². The Morgan fingerprint density at radius 3 is 1.72 bits per heavy atom. The number of amides is 2. The van der Waals surface area contributed by atoms with Crippen LogP contribution >= 0.6 is 31.9 Å². The Labute approximate surface area is 217 Å². The standard InChI is InChI=1S/C21H12Br2F2N4O7/c1-36-17-3-2-9(20(30)26-18-13(22)5-10(28(32)33)7-15(18)24)4-12(17)21(31)27-19-14(23)6-11(29(34)35)8-16(19)25/h2-8H,1H3,(H,26,30)(H,27,31). The number of anilines is 2. The van der Waals surface area contributed by atoms with Crippen molar-refractivity contribution in [3.8, 4) is 5.75 Å². The third-order valence-corrected chi connectivity index (χ3v) is 5.91. The van der Waals surface area contributed by atoms with Gasteiger partial charge in [-0.15, -0.1) is 0 Å². The number of carbonyl (C=O) groups excluding carboxylic acids is 2. The van der Waals surface area contributed by atoms with Crippen LogP contribution in [0, 0.1) is 31.9 Å². The average Bonchev–Trinajstić information content (AvgIpc) is 2.82. The smallest absolute Gasteiger partial charge is 0.273 e. The molecule has 36 heavy (non-hydrogen) atoms. The number of nitrogens with one attached hydrogen (secondary N) is 2. The van der Waals surface area contributed by atoms with Gasteiger partial charge in [-0.05, 0) is 50.1 Å². The molecule has 15 heteroatoms. The molecule has 0 atom stereocenters. The van der Waals surface area contributed by atoms with E-state index in [-0.39, 0.29) is 37.2 Å². The van der Waals surface area contributed by atoms with Crippen LogP contribution < -0.4 is 15.4 Å². The van der Waals surface area contributed by atoms with Crippen molar-refractivity contribution in [1.29, 1.82) is 0 Å². The SMILES string of the molecule is COc1ccc(C(=O)Nc2c(F)cc([N+](=O)[O-])cc2Br)cc1C(=O)Nc1c(F)cc([N+](=O)[O-])cc1Br. The van der Waals surface area contributed by atoms with Crippen LogP contribution in [-0.2, 0) is 0 Å². The zero-order valence-corrected chi connectivity index (χ0v) is 21.0. The van der Waals surface area contributed by atoms with E-state index in [1.54, 1.807) is 0 Å². The summed E-state index contributed by atoms with van der Waals surface area (Å²) in [6, 6.07) is 6.88. The molecule has 0 aliphatic carbocycles. The Bertz CT molecular complexity index is 1390. The number of ether oxygens (including phenoxy) is 1. The maximum atomic E-state index is 14.4. The monoisotopic (exact) mass is 628 g/mol. The first-order chi connectivity index (χ1) is 16.9. The van der Waals surface area contributed by atoms with Crippen molar-refractivity contribution in [2.24, 2.45) is 0 Å². The van der Waals surface area contributed by atoms with Gasteiger partial charge < -0.3 is 15.4 Å². The predicted octanol–water partition coefficient (Wildman–Crippen LogP) is 5.82. The molecule has 0 spiro atoms. The molecular formula is C21H12Br2F2N4O7. The van der Waals surface area contributed by atoms with E-state index in [4.69, 9.17) is 4.74 Å². The Morgan fingerprint density at radius 2 is 1.31 bits per heavy atom. The highest BCUT2D eigenvalue weighted by Gasteiger charge is 2.22. The van der Waals surface area contributed by atoms with Gasteiger partial charge in [0, 0.05) is 17.7 Å². The third-order valence-electron chi connectivity index (χ3n) is 4.66. The van der Waals surface area contributed by atoms with Crippen LogP contribution in [0.4, 0.5) is 31.5 Å². The normalized spacial score (nSPS) is 10.5. The molecule has 0 saturated heterocycles. The van der Waals surface area contributed by atoms with E-state index in [1.165, 1.54) is 19.2 Å². The molecule has 3 aromatic carbocycles. The van der Waals surface area contributed by atoms with Crippen LogP contribution in [0.15, 0.2) is 51.4 Å². The summed E-state index contributed by atoms with van der Waals surface area (Å²) < 4.78 is 33.7. The zero-order chi connectivity index (χ0) is 26.7. The van der Waals surface area contributed by atoms with Crippen molar-refractivity contribution in [2.75, 3.05) is 17.7 Å². The van der Waals surface area contributed by atoms with Crippen LogP contribution in [0.1, 0.15) is 20.7 Å². The highest BCUT2D eigenvalue weighted by Crippen LogP contribution is 2.33. The zero-order valence-electron chi connectivity index (χ0n) is 17.8. The summed E-state index contributed by atoms with van der Waals surface area (Å²) in [5, 5.41) is 26.3. The van der Waals surface area contributed by atoms with Crippen molar-refractivity contribution in [3.05, 3.63) is 94.4 Å². The molecule has 0 fully saturated rings. The van der Waals surface area contributed by atoms with Gasteiger partial charge in [-0.3, -0.25) is 29.8 Å². The Morgan fingerprint density at radius 1 is 0.833 bits per heavy atom. The number of non-ortho nitro benzene ring substituents is 2. The van der Waals surface area contributed by atoms with Crippen molar-refractivity contribution in [2.45, 2.75) is 0 Å². The lowest BCUT2D eigenvalue weighted by atomic mass is 10.1. The van der Waals surface area contributed by atoms with Gasteiger partial charge in [-0.2, -0.15) is 0 Å². The lowest BCUT2D eigenvalue weighted by Crippen LogP contribution is -2.18. The van der Waals surface area contributed by atoms with Crippen LogP contribution in [0.5, 0.6) is 5.75 Å². The highest BCUT2D eigenvalue weighted by molar-refractivity contribution is 9.11. The molecule has 186 valence electrons. The van der Waals surface area contributed by atoms with E-state index in [1.807, 2.05) is 0 Å². The van der Waals surface area contributed by atoms with Crippen molar-refractivity contribution < 1.29 is 33.0 Å². The summed E-state index contributed by atoms with van der Waals surface area (Å²) in [6.45, 7) is 0. The summed E-state index contributed by atoms with van der Waals surface area (Å²) in [7, 11) is 1.25. The Hall–Kier alpha value is -3.98. The molecule has 0 bridgehead atoms. The van der Waals surface area contributed by atoms with E-state index in [0.29, 0.717) is 12.1 Å². The summed E-state index contributed by atoms with van der Waals surface area (Å²) in [6.07, 6.45) is 0. The first-order valence-corrected chi connectivity index (χ1v) is 11.1. The first-order valence-electron chi connectivity index (χ1n) is 9.50. The van der Waals surface area contributed by atoms with Gasteiger partial charge in [-0.25, -0.2) is 8.78 Å². The summed E-state index contributed by atoms with van der Waals surface area (Å²) >= 11 is 5.94. The van der Waals surface area contributed by atoms with Crippen LogP contribution in [-0.4, -0.2) is 28.8 Å². The van der Waals surface area contributed by atoms with Crippen molar-refractivity contribution in [1.82, 2.24) is 0 Å². The van der Waals surface area contributed by atoms with E-state index >= 15 is 0 Å². The second-order valence-electron chi connectivity index (χ2n) is 6.91. The number of methoxy groups -OCH3 is 1. The number of benzene rings is 3. The van der Waals surface area contributed by atoms with Gasteiger partial charge in [0.15, 0.2) is 11.6 Å². The maximum Gasteiger partial charge on any atom is 0.273 e. The number of hydrogen-bond acceptors (Lipinski definition) is 7. The minimum absolute atomic E-state index is 0.00480. The van der Waals surface area contributed by atoms with Gasteiger partial charge in [0.2, 0.25) is 0 Å². The van der Waals surface area contributed by atoms with E-state index in [0.717, 1.165) is 18.2 Å². The van der Waals surface area contributed by atoms with E-state index in [9.17, 15) is 38.6 Å². The fourth-order valence-electron chi connectivity index (χ4n) is 2.96. The van der Waals surface area contributed by atoms with Crippen LogP contribution in [0.25, 0.3) is 0 Å². The molecule has 0 unspecified atom stereocenters. The number of hydrogen-bond donors (Lipinski definition) is 2. The molecule has 3 aromatic rings. The second-order valence-corrected chi connectivity index (χ2v) is 8.62. The third kappa shape index (κ3) is 5.63. The van der Waals surface area contributed by atoms with Crippen LogP contribution in [0.3, 0.4) is 0 Å². The number of nitrogens with zero attached hydrogens (tertiary/aromatic N) is 2. The number of nitro groups is 2. The topological polar surface area (TPSA) is 154 Å². The maximum absolute atomic E-state index is 14.4. The van der Waals surface area contributed by atoms with Gasteiger partial charge in [0.05, 0.1) is 55.0 Å². The second kappa shape index (κ2) is 10.7. The lowest BCUT2D eigenvalue weighted by molar-refractivity contribution is -0.385. The van der Waals surface area contributed by atoms with E-state index in [2.05, 4.69) is 42.5 Å². The molecule has 0 aliphatic heterocycles. The van der Waals surface area contributed by atoms with Gasteiger partial charge >= 0.3 is 0 Å². The molecule has 3 rings (SSSR count). The molecule has 0 aliphatic rings. The molecule has 2 N–H and O–H groups in total. The predicted molar refractivity (Wildman–Crippen MR) is 130 cm³/mol. The van der Waals surface area contributed by atoms with Crippen molar-refractivity contribution in [3.63, 3.8) is 0 Å². The molecule has 0 aromatic heterocycles. The molecule has 0 heterocycles. The minimum Gasteiger partial charge on any atom is -0.496 e. The highest BCUT2D eigenvalue weighted by atomic mass is 79.9. The number of halogens is 4. The average molecular weight is 630 g/mol. The number of carbonyl (C=O) groups is 2. The first kappa shape index (κ1) is 26.6. The Balaban J connectivity index is 1.92. The van der Waals surface area contributed by atoms with Crippen molar-refractivity contribution >= 4 is 66.4 Å². The summed E-state index contributed by atoms with van der Waals surface area (Å²) in [5.74, 6) is -3.95. The van der Waals surface area contributed by atoms with E-state index < -0.39 is 44.7 Å². The molecule has 0 radical (unpaired) electrons. The fraction of sp³-hybridized carbons (Fsp3) is 0.0476. The van der Waals surface area contributed by atoms with Crippen LogP contribution in [0.2, 0.25) is 0 Å². The summed E-state index contributed by atoms with van der Waals surface area (Å²) in [4.78, 5) is 45.8. The van der Waals surface area contributed by atoms with Gasteiger partial charge in [0.25, 0.3) is 23.2 Å². The minimum atomic E-state index is -1.09. The Kier molecular flexibility index (Phi) is 7.94.